The number of aromatic nitrogens is 2. The SMILES string of the molecule is NC1=NC(CF)(c2cc(NC(=O)c3cnc(OCF)cn3)ccc2F)C2C(CF)OCCC2O1. The molecule has 0 aliphatic carbocycles. The highest BCUT2D eigenvalue weighted by atomic mass is 19.1. The number of carbonyl (C=O) groups excluding carboxylic acids is 1. The van der Waals surface area contributed by atoms with Gasteiger partial charge < -0.3 is 25.3 Å². The third kappa shape index (κ3) is 4.34. The molecule has 4 unspecified atom stereocenters. The lowest BCUT2D eigenvalue weighted by Gasteiger charge is -2.48. The summed E-state index contributed by atoms with van der Waals surface area (Å²) in [7, 11) is 0. The first-order valence-electron chi connectivity index (χ1n) is 10.3. The molecule has 0 spiro atoms. The molecule has 2 aromatic rings. The highest BCUT2D eigenvalue weighted by molar-refractivity contribution is 6.02. The number of hydrogen-bond donors (Lipinski definition) is 2. The van der Waals surface area contributed by atoms with Crippen molar-refractivity contribution in [2.24, 2.45) is 16.6 Å². The van der Waals surface area contributed by atoms with E-state index >= 15 is 4.39 Å². The maximum Gasteiger partial charge on any atom is 0.283 e. The summed E-state index contributed by atoms with van der Waals surface area (Å²) in [5.41, 5.74) is 3.56. The minimum Gasteiger partial charge on any atom is -0.462 e. The second-order valence-corrected chi connectivity index (χ2v) is 7.68. The van der Waals surface area contributed by atoms with Crippen LogP contribution in [0.2, 0.25) is 0 Å². The molecule has 9 nitrogen and oxygen atoms in total. The van der Waals surface area contributed by atoms with Crippen LogP contribution in [0.4, 0.5) is 23.2 Å². The maximum absolute atomic E-state index is 15.0. The standard InChI is InChI=1S/C21H21F4N5O4/c22-6-16-18-15(3-4-32-16)34-20(26)30-21(18,9-23)12-5-11(1-2-13(12)25)29-19(31)14-7-28-17(8-27-14)33-10-24/h1-2,5,7-8,15-16,18H,3-4,6,9-10H2,(H2,26,30)(H,29,31). The van der Waals surface area contributed by atoms with Crippen molar-refractivity contribution >= 4 is 17.6 Å². The number of nitrogens with two attached hydrogens (primary N) is 1. The number of nitrogens with zero attached hydrogens (tertiary/aromatic N) is 3. The molecule has 1 aromatic heterocycles. The van der Waals surface area contributed by atoms with Gasteiger partial charge in [0.25, 0.3) is 11.9 Å². The molecule has 1 aromatic carbocycles. The number of fused-ring (bicyclic) bond motifs is 1. The molecule has 4 atom stereocenters. The molecule has 0 bridgehead atoms. The van der Waals surface area contributed by atoms with Crippen molar-refractivity contribution in [2.45, 2.75) is 24.2 Å². The van der Waals surface area contributed by atoms with E-state index < -0.39 is 55.6 Å². The third-order valence-electron chi connectivity index (χ3n) is 5.78. The van der Waals surface area contributed by atoms with Gasteiger partial charge in [0.15, 0.2) is 0 Å². The van der Waals surface area contributed by atoms with Gasteiger partial charge in [-0.2, -0.15) is 0 Å². The fourth-order valence-electron chi connectivity index (χ4n) is 4.32. The Kier molecular flexibility index (Phi) is 6.82. The number of amidine groups is 1. The third-order valence-corrected chi connectivity index (χ3v) is 5.78. The molecule has 1 amide bonds. The molecule has 0 saturated carbocycles. The summed E-state index contributed by atoms with van der Waals surface area (Å²) >= 11 is 0. The van der Waals surface area contributed by atoms with Crippen LogP contribution >= 0.6 is 0 Å². The van der Waals surface area contributed by atoms with Gasteiger partial charge in [0.05, 0.1) is 31.0 Å². The van der Waals surface area contributed by atoms with Crippen LogP contribution < -0.4 is 15.8 Å². The number of benzene rings is 1. The molecule has 3 heterocycles. The summed E-state index contributed by atoms with van der Waals surface area (Å²) in [6.07, 6.45) is 0.582. The summed E-state index contributed by atoms with van der Waals surface area (Å²) in [5.74, 6) is -2.67. The molecule has 2 aliphatic heterocycles. The first-order valence-corrected chi connectivity index (χ1v) is 10.3. The van der Waals surface area contributed by atoms with Crippen LogP contribution in [0.25, 0.3) is 0 Å². The zero-order valence-electron chi connectivity index (χ0n) is 17.7. The number of aliphatic imine (C=N–C) groups is 1. The highest BCUT2D eigenvalue weighted by Gasteiger charge is 2.55. The van der Waals surface area contributed by atoms with Gasteiger partial charge >= 0.3 is 0 Å². The van der Waals surface area contributed by atoms with Gasteiger partial charge in [-0.15, -0.1) is 0 Å². The minimum atomic E-state index is -1.93. The Labute approximate surface area is 191 Å². The van der Waals surface area contributed by atoms with E-state index in [9.17, 15) is 18.0 Å². The summed E-state index contributed by atoms with van der Waals surface area (Å²) in [4.78, 5) is 24.2. The lowest BCUT2D eigenvalue weighted by Crippen LogP contribution is -2.58. The number of halogens is 4. The van der Waals surface area contributed by atoms with E-state index in [-0.39, 0.29) is 41.9 Å². The molecule has 2 aliphatic rings. The molecule has 13 heteroatoms. The molecule has 1 fully saturated rings. The van der Waals surface area contributed by atoms with Gasteiger partial charge in [0.1, 0.15) is 36.5 Å². The van der Waals surface area contributed by atoms with Crippen LogP contribution in [0.3, 0.4) is 0 Å². The Morgan fingerprint density at radius 1 is 1.26 bits per heavy atom. The van der Waals surface area contributed by atoms with E-state index in [2.05, 4.69) is 25.0 Å². The Balaban J connectivity index is 1.68. The number of anilines is 1. The summed E-state index contributed by atoms with van der Waals surface area (Å²) in [6, 6.07) is 3.13. The van der Waals surface area contributed by atoms with Crippen molar-refractivity contribution in [3.05, 3.63) is 47.7 Å². The van der Waals surface area contributed by atoms with Crippen LogP contribution in [-0.4, -0.2) is 60.9 Å². The van der Waals surface area contributed by atoms with Gasteiger partial charge in [0, 0.05) is 17.7 Å². The van der Waals surface area contributed by atoms with E-state index in [1.54, 1.807) is 0 Å². The largest absolute Gasteiger partial charge is 0.462 e. The topological polar surface area (TPSA) is 121 Å². The van der Waals surface area contributed by atoms with Gasteiger partial charge in [-0.25, -0.2) is 32.5 Å². The van der Waals surface area contributed by atoms with E-state index in [0.717, 1.165) is 18.5 Å². The summed E-state index contributed by atoms with van der Waals surface area (Å²) in [6.45, 7) is -3.11. The number of ether oxygens (including phenoxy) is 3. The van der Waals surface area contributed by atoms with Crippen molar-refractivity contribution in [3.63, 3.8) is 0 Å². The minimum absolute atomic E-state index is 0.0884. The Hall–Kier alpha value is -3.48. The van der Waals surface area contributed by atoms with Crippen molar-refractivity contribution in [1.82, 2.24) is 9.97 Å². The average Bonchev–Trinajstić information content (AvgIpc) is 2.84. The first kappa shape index (κ1) is 23.7. The van der Waals surface area contributed by atoms with Crippen LogP contribution in [-0.2, 0) is 15.0 Å². The van der Waals surface area contributed by atoms with Gasteiger partial charge in [0.2, 0.25) is 12.7 Å². The zero-order chi connectivity index (χ0) is 24.3. The fraction of sp³-hybridized carbons (Fsp3) is 0.429. The number of amides is 1. The molecular formula is C21H21F4N5O4. The lowest BCUT2D eigenvalue weighted by atomic mass is 9.71. The Morgan fingerprint density at radius 3 is 2.76 bits per heavy atom. The second kappa shape index (κ2) is 9.79. The summed E-state index contributed by atoms with van der Waals surface area (Å²) < 4.78 is 71.2. The normalized spacial score (nSPS) is 26.1. The predicted molar refractivity (Wildman–Crippen MR) is 111 cm³/mol. The van der Waals surface area contributed by atoms with Crippen molar-refractivity contribution in [3.8, 4) is 5.88 Å². The quantitative estimate of drug-likeness (QED) is 0.581. The van der Waals surface area contributed by atoms with Gasteiger partial charge in [-0.3, -0.25) is 4.79 Å². The molecule has 34 heavy (non-hydrogen) atoms. The van der Waals surface area contributed by atoms with Gasteiger partial charge in [-0.05, 0) is 18.2 Å². The molecule has 1 saturated heterocycles. The van der Waals surface area contributed by atoms with E-state index in [0.29, 0.717) is 0 Å². The highest BCUT2D eigenvalue weighted by Crippen LogP contribution is 2.47. The van der Waals surface area contributed by atoms with Crippen LogP contribution in [0, 0.1) is 11.7 Å². The van der Waals surface area contributed by atoms with Gasteiger partial charge in [-0.1, -0.05) is 0 Å². The summed E-state index contributed by atoms with van der Waals surface area (Å²) in [5, 5.41) is 2.50. The lowest BCUT2D eigenvalue weighted by molar-refractivity contribution is -0.134. The number of rotatable bonds is 7. The van der Waals surface area contributed by atoms with Crippen LogP contribution in [0.15, 0.2) is 35.6 Å². The molecular weight excluding hydrogens is 462 g/mol. The van der Waals surface area contributed by atoms with Crippen molar-refractivity contribution < 1.29 is 36.6 Å². The number of carbonyl (C=O) groups is 1. The Morgan fingerprint density at radius 2 is 2.09 bits per heavy atom. The predicted octanol–water partition coefficient (Wildman–Crippen LogP) is 2.43. The first-order chi connectivity index (χ1) is 16.4. The van der Waals surface area contributed by atoms with Crippen molar-refractivity contribution in [1.29, 1.82) is 0 Å². The maximum atomic E-state index is 15.0. The van der Waals surface area contributed by atoms with Crippen LogP contribution in [0.5, 0.6) is 5.88 Å². The van der Waals surface area contributed by atoms with Crippen molar-refractivity contribution in [2.75, 3.05) is 32.1 Å². The molecule has 182 valence electrons. The molecule has 4 rings (SSSR count). The smallest absolute Gasteiger partial charge is 0.283 e. The zero-order valence-corrected chi connectivity index (χ0v) is 17.7. The number of nitrogens with one attached hydrogen (secondary N) is 1. The van der Waals surface area contributed by atoms with E-state index in [4.69, 9.17) is 15.2 Å². The average molecular weight is 483 g/mol. The fourth-order valence-corrected chi connectivity index (χ4v) is 4.32. The molecule has 3 N–H and O–H groups in total. The Bertz CT molecular complexity index is 1070. The number of alkyl halides is 3. The monoisotopic (exact) mass is 483 g/mol. The number of hydrogen-bond acceptors (Lipinski definition) is 8. The van der Waals surface area contributed by atoms with Crippen LogP contribution in [0.1, 0.15) is 22.5 Å². The van der Waals surface area contributed by atoms with E-state index in [1.807, 2.05) is 0 Å². The molecule has 0 radical (unpaired) electrons. The second-order valence-electron chi connectivity index (χ2n) is 7.68. The van der Waals surface area contributed by atoms with E-state index in [1.165, 1.54) is 12.1 Å².